The van der Waals surface area contributed by atoms with Crippen LogP contribution in [0.5, 0.6) is 0 Å². The Balaban J connectivity index is 2.14. The zero-order valence-corrected chi connectivity index (χ0v) is 11.5. The molecule has 4 heteroatoms. The summed E-state index contributed by atoms with van der Waals surface area (Å²) < 4.78 is 0. The van der Waals surface area contributed by atoms with Crippen LogP contribution in [0, 0.1) is 6.92 Å². The number of benzene rings is 1. The summed E-state index contributed by atoms with van der Waals surface area (Å²) in [5.74, 6) is 0.773. The Hall–Kier alpha value is -2.33. The standard InChI is InChI=1S/C16H16N4/c1-11-9-19-16(20-10-11)15(17-2)13-5-3-7-14-12(13)6-4-8-18-14/h3-10,15,17H,1-2H3. The maximum atomic E-state index is 4.44. The lowest BCUT2D eigenvalue weighted by Gasteiger charge is -2.17. The molecule has 4 nitrogen and oxygen atoms in total. The second-order valence-corrected chi connectivity index (χ2v) is 4.76. The van der Waals surface area contributed by atoms with E-state index < -0.39 is 0 Å². The summed E-state index contributed by atoms with van der Waals surface area (Å²) in [5, 5.41) is 4.42. The molecule has 0 radical (unpaired) electrons. The molecule has 0 spiro atoms. The molecule has 0 aliphatic carbocycles. The first-order valence-electron chi connectivity index (χ1n) is 6.59. The summed E-state index contributed by atoms with van der Waals surface area (Å²) in [6, 6.07) is 10.1. The number of rotatable bonds is 3. The van der Waals surface area contributed by atoms with E-state index in [1.165, 1.54) is 0 Å². The first kappa shape index (κ1) is 12.7. The molecule has 1 aromatic carbocycles. The van der Waals surface area contributed by atoms with Crippen molar-refractivity contribution in [2.75, 3.05) is 7.05 Å². The summed E-state index contributed by atoms with van der Waals surface area (Å²) in [4.78, 5) is 13.3. The number of fused-ring (bicyclic) bond motifs is 1. The predicted molar refractivity (Wildman–Crippen MR) is 79.4 cm³/mol. The molecule has 3 rings (SSSR count). The molecule has 20 heavy (non-hydrogen) atoms. The summed E-state index contributed by atoms with van der Waals surface area (Å²) in [6.07, 6.45) is 5.50. The molecule has 0 aliphatic heterocycles. The third-order valence-electron chi connectivity index (χ3n) is 3.34. The molecule has 100 valence electrons. The molecule has 0 saturated carbocycles. The van der Waals surface area contributed by atoms with Crippen molar-refractivity contribution in [3.8, 4) is 0 Å². The van der Waals surface area contributed by atoms with Gasteiger partial charge in [0.25, 0.3) is 0 Å². The lowest BCUT2D eigenvalue weighted by atomic mass is 10.0. The minimum atomic E-state index is -0.0384. The Morgan fingerprint density at radius 3 is 2.55 bits per heavy atom. The van der Waals surface area contributed by atoms with Crippen molar-refractivity contribution in [2.45, 2.75) is 13.0 Å². The Bertz CT molecular complexity index is 717. The fourth-order valence-corrected chi connectivity index (χ4v) is 2.35. The van der Waals surface area contributed by atoms with Crippen LogP contribution in [0.3, 0.4) is 0 Å². The predicted octanol–water partition coefficient (Wildman–Crippen LogP) is 2.64. The molecule has 0 fully saturated rings. The van der Waals surface area contributed by atoms with E-state index in [0.29, 0.717) is 0 Å². The SMILES string of the molecule is CNC(c1ncc(C)cn1)c1cccc2ncccc12. The molecule has 0 saturated heterocycles. The van der Waals surface area contributed by atoms with Crippen LogP contribution in [-0.4, -0.2) is 22.0 Å². The summed E-state index contributed by atoms with van der Waals surface area (Å²) in [7, 11) is 1.92. The monoisotopic (exact) mass is 264 g/mol. The Labute approximate surface area is 117 Å². The molecular formula is C16H16N4. The van der Waals surface area contributed by atoms with Crippen LogP contribution in [0.4, 0.5) is 0 Å². The van der Waals surface area contributed by atoms with Crippen LogP contribution < -0.4 is 5.32 Å². The van der Waals surface area contributed by atoms with Gasteiger partial charge in [-0.1, -0.05) is 18.2 Å². The van der Waals surface area contributed by atoms with Gasteiger partial charge in [-0.15, -0.1) is 0 Å². The highest BCUT2D eigenvalue weighted by Crippen LogP contribution is 2.25. The van der Waals surface area contributed by atoms with Crippen molar-refractivity contribution in [1.29, 1.82) is 0 Å². The highest BCUT2D eigenvalue weighted by molar-refractivity contribution is 5.82. The van der Waals surface area contributed by atoms with Crippen LogP contribution in [0.15, 0.2) is 48.9 Å². The van der Waals surface area contributed by atoms with Gasteiger partial charge in [0.1, 0.15) is 5.82 Å². The van der Waals surface area contributed by atoms with Crippen LogP contribution in [0.1, 0.15) is 23.0 Å². The number of nitrogens with one attached hydrogen (secondary N) is 1. The molecule has 2 aromatic heterocycles. The van der Waals surface area contributed by atoms with Crippen LogP contribution in [-0.2, 0) is 0 Å². The van der Waals surface area contributed by atoms with Crippen LogP contribution >= 0.6 is 0 Å². The van der Waals surface area contributed by atoms with Crippen LogP contribution in [0.2, 0.25) is 0 Å². The minimum Gasteiger partial charge on any atom is -0.307 e. The Morgan fingerprint density at radius 2 is 1.80 bits per heavy atom. The lowest BCUT2D eigenvalue weighted by molar-refractivity contribution is 0.649. The van der Waals surface area contributed by atoms with E-state index in [2.05, 4.69) is 32.4 Å². The molecule has 2 heterocycles. The summed E-state index contributed by atoms with van der Waals surface area (Å²) >= 11 is 0. The maximum Gasteiger partial charge on any atom is 0.149 e. The van der Waals surface area contributed by atoms with Gasteiger partial charge in [0.05, 0.1) is 11.6 Å². The quantitative estimate of drug-likeness (QED) is 0.790. The van der Waals surface area contributed by atoms with E-state index in [9.17, 15) is 0 Å². The van der Waals surface area contributed by atoms with Crippen LogP contribution in [0.25, 0.3) is 10.9 Å². The van der Waals surface area contributed by atoms with Gasteiger partial charge < -0.3 is 5.32 Å². The van der Waals surface area contributed by atoms with Gasteiger partial charge in [-0.3, -0.25) is 4.98 Å². The molecule has 1 atom stereocenters. The van der Waals surface area contributed by atoms with E-state index in [1.54, 1.807) is 0 Å². The first-order chi connectivity index (χ1) is 9.79. The summed E-state index contributed by atoms with van der Waals surface area (Å²) in [5.41, 5.74) is 3.18. The number of aryl methyl sites for hydroxylation is 1. The van der Waals surface area contributed by atoms with Crippen molar-refractivity contribution in [1.82, 2.24) is 20.3 Å². The average molecular weight is 264 g/mol. The number of hydrogen-bond donors (Lipinski definition) is 1. The van der Waals surface area contributed by atoms with Crippen molar-refractivity contribution in [3.63, 3.8) is 0 Å². The van der Waals surface area contributed by atoms with Gasteiger partial charge in [0, 0.05) is 24.0 Å². The minimum absolute atomic E-state index is 0.0384. The second kappa shape index (κ2) is 5.35. The normalized spacial score (nSPS) is 12.5. The van der Waals surface area contributed by atoms with Gasteiger partial charge in [-0.05, 0) is 37.2 Å². The van der Waals surface area contributed by atoms with E-state index in [1.807, 2.05) is 50.8 Å². The zero-order chi connectivity index (χ0) is 13.9. The molecule has 0 aliphatic rings. The Kier molecular flexibility index (Phi) is 3.39. The van der Waals surface area contributed by atoms with Gasteiger partial charge in [-0.2, -0.15) is 0 Å². The van der Waals surface area contributed by atoms with Gasteiger partial charge in [0.2, 0.25) is 0 Å². The Morgan fingerprint density at radius 1 is 1.00 bits per heavy atom. The van der Waals surface area contributed by atoms with Crippen molar-refractivity contribution in [3.05, 3.63) is 65.9 Å². The summed E-state index contributed by atoms with van der Waals surface area (Å²) in [6.45, 7) is 1.99. The molecule has 0 bridgehead atoms. The van der Waals surface area contributed by atoms with Gasteiger partial charge >= 0.3 is 0 Å². The van der Waals surface area contributed by atoms with E-state index in [4.69, 9.17) is 0 Å². The van der Waals surface area contributed by atoms with E-state index in [0.717, 1.165) is 27.9 Å². The smallest absolute Gasteiger partial charge is 0.149 e. The third-order valence-corrected chi connectivity index (χ3v) is 3.34. The van der Waals surface area contributed by atoms with Gasteiger partial charge in [-0.25, -0.2) is 9.97 Å². The topological polar surface area (TPSA) is 50.7 Å². The number of aromatic nitrogens is 3. The third kappa shape index (κ3) is 2.26. The second-order valence-electron chi connectivity index (χ2n) is 4.76. The fourth-order valence-electron chi connectivity index (χ4n) is 2.35. The van der Waals surface area contributed by atoms with Crippen molar-refractivity contribution < 1.29 is 0 Å². The molecular weight excluding hydrogens is 248 g/mol. The molecule has 1 unspecified atom stereocenters. The highest BCUT2D eigenvalue weighted by Gasteiger charge is 2.17. The molecule has 3 aromatic rings. The van der Waals surface area contributed by atoms with Crippen molar-refractivity contribution >= 4 is 10.9 Å². The highest BCUT2D eigenvalue weighted by atomic mass is 15.0. The van der Waals surface area contributed by atoms with Crippen molar-refractivity contribution in [2.24, 2.45) is 0 Å². The number of nitrogens with zero attached hydrogens (tertiary/aromatic N) is 3. The molecule has 0 amide bonds. The largest absolute Gasteiger partial charge is 0.307 e. The van der Waals surface area contributed by atoms with E-state index in [-0.39, 0.29) is 6.04 Å². The van der Waals surface area contributed by atoms with E-state index >= 15 is 0 Å². The zero-order valence-electron chi connectivity index (χ0n) is 11.5. The van der Waals surface area contributed by atoms with Gasteiger partial charge in [0.15, 0.2) is 0 Å². The molecule has 1 N–H and O–H groups in total. The fraction of sp³-hybridized carbons (Fsp3) is 0.188. The lowest BCUT2D eigenvalue weighted by Crippen LogP contribution is -2.20. The maximum absolute atomic E-state index is 4.44. The first-order valence-corrected chi connectivity index (χ1v) is 6.59. The average Bonchev–Trinajstić information content (AvgIpc) is 2.50. The number of hydrogen-bond acceptors (Lipinski definition) is 4. The number of pyridine rings is 1.